The summed E-state index contributed by atoms with van der Waals surface area (Å²) in [6.45, 7) is 1.90. The standard InChI is InChI=1S/C17H14N2O4/c1-2-22-17(21)23-15-9-5-13(6-10-15)16(20)19-14-7-3-12(11-18)4-8-14/h3-10H,2H2,1H3,(H,19,20). The van der Waals surface area contributed by atoms with E-state index in [2.05, 4.69) is 10.1 Å². The van der Waals surface area contributed by atoms with Gasteiger partial charge >= 0.3 is 6.16 Å². The fraction of sp³-hybridized carbons (Fsp3) is 0.118. The molecule has 23 heavy (non-hydrogen) atoms. The van der Waals surface area contributed by atoms with E-state index in [-0.39, 0.29) is 12.5 Å². The Morgan fingerprint density at radius 3 is 2.30 bits per heavy atom. The monoisotopic (exact) mass is 310 g/mol. The lowest BCUT2D eigenvalue weighted by Crippen LogP contribution is -2.12. The maximum Gasteiger partial charge on any atom is 0.513 e. The minimum absolute atomic E-state index is 0.226. The lowest BCUT2D eigenvalue weighted by atomic mass is 10.2. The van der Waals surface area contributed by atoms with Crippen LogP contribution in [0.15, 0.2) is 48.5 Å². The Hall–Kier alpha value is -3.33. The molecule has 6 nitrogen and oxygen atoms in total. The zero-order valence-electron chi connectivity index (χ0n) is 12.4. The summed E-state index contributed by atoms with van der Waals surface area (Å²) in [4.78, 5) is 23.3. The van der Waals surface area contributed by atoms with Crippen molar-refractivity contribution in [3.63, 3.8) is 0 Å². The number of ether oxygens (including phenoxy) is 2. The highest BCUT2D eigenvalue weighted by Crippen LogP contribution is 2.15. The van der Waals surface area contributed by atoms with Crippen molar-refractivity contribution < 1.29 is 19.1 Å². The van der Waals surface area contributed by atoms with Crippen molar-refractivity contribution in [2.45, 2.75) is 6.92 Å². The van der Waals surface area contributed by atoms with Gasteiger partial charge in [0, 0.05) is 11.3 Å². The first-order chi connectivity index (χ1) is 11.1. The van der Waals surface area contributed by atoms with Crippen LogP contribution in [0.1, 0.15) is 22.8 Å². The second-order valence-corrected chi connectivity index (χ2v) is 4.45. The first kappa shape index (κ1) is 16.0. The van der Waals surface area contributed by atoms with Crippen LogP contribution in [0.4, 0.5) is 10.5 Å². The van der Waals surface area contributed by atoms with Crippen molar-refractivity contribution in [2.75, 3.05) is 11.9 Å². The highest BCUT2D eigenvalue weighted by Gasteiger charge is 2.08. The average Bonchev–Trinajstić information content (AvgIpc) is 2.56. The van der Waals surface area contributed by atoms with Crippen LogP contribution in [0.3, 0.4) is 0 Å². The van der Waals surface area contributed by atoms with Crippen molar-refractivity contribution in [1.82, 2.24) is 0 Å². The number of amides is 1. The number of nitrogens with one attached hydrogen (secondary N) is 1. The molecule has 116 valence electrons. The SMILES string of the molecule is CCOC(=O)Oc1ccc(C(=O)Nc2ccc(C#N)cc2)cc1. The Morgan fingerprint density at radius 1 is 1.09 bits per heavy atom. The number of nitriles is 1. The Morgan fingerprint density at radius 2 is 1.74 bits per heavy atom. The summed E-state index contributed by atoms with van der Waals surface area (Å²) in [6, 6.07) is 14.6. The molecule has 0 atom stereocenters. The van der Waals surface area contributed by atoms with E-state index in [9.17, 15) is 9.59 Å². The fourth-order valence-corrected chi connectivity index (χ4v) is 1.75. The van der Waals surface area contributed by atoms with E-state index in [0.29, 0.717) is 22.6 Å². The minimum atomic E-state index is -0.790. The van der Waals surface area contributed by atoms with Gasteiger partial charge in [-0.05, 0) is 55.5 Å². The second kappa shape index (κ2) is 7.61. The first-order valence-electron chi connectivity index (χ1n) is 6.88. The molecule has 0 saturated heterocycles. The third-order valence-electron chi connectivity index (χ3n) is 2.85. The number of rotatable bonds is 4. The summed E-state index contributed by atoms with van der Waals surface area (Å²) in [5, 5.41) is 11.4. The van der Waals surface area contributed by atoms with E-state index < -0.39 is 6.16 Å². The largest absolute Gasteiger partial charge is 0.513 e. The lowest BCUT2D eigenvalue weighted by Gasteiger charge is -2.07. The molecule has 1 amide bonds. The van der Waals surface area contributed by atoms with Crippen LogP contribution in [0.2, 0.25) is 0 Å². The molecule has 0 aliphatic carbocycles. The molecule has 6 heteroatoms. The van der Waals surface area contributed by atoms with Crippen LogP contribution in [-0.2, 0) is 4.74 Å². The van der Waals surface area contributed by atoms with Gasteiger partial charge in [0.15, 0.2) is 0 Å². The predicted molar refractivity (Wildman–Crippen MR) is 83.2 cm³/mol. The summed E-state index contributed by atoms with van der Waals surface area (Å²) in [7, 11) is 0. The molecule has 0 aromatic heterocycles. The summed E-state index contributed by atoms with van der Waals surface area (Å²) in [5.74, 6) is -0.0178. The van der Waals surface area contributed by atoms with Crippen molar-refractivity contribution in [3.8, 4) is 11.8 Å². The number of hydrogen-bond donors (Lipinski definition) is 1. The van der Waals surface area contributed by atoms with Gasteiger partial charge in [0.1, 0.15) is 5.75 Å². The van der Waals surface area contributed by atoms with Gasteiger partial charge in [-0.2, -0.15) is 5.26 Å². The number of benzene rings is 2. The smallest absolute Gasteiger partial charge is 0.434 e. The molecule has 0 fully saturated rings. The van der Waals surface area contributed by atoms with Crippen molar-refractivity contribution >= 4 is 17.7 Å². The molecule has 2 aromatic rings. The third kappa shape index (κ3) is 4.58. The molecule has 0 bridgehead atoms. The van der Waals surface area contributed by atoms with Gasteiger partial charge in [-0.3, -0.25) is 4.79 Å². The average molecular weight is 310 g/mol. The van der Waals surface area contributed by atoms with Gasteiger partial charge in [-0.1, -0.05) is 0 Å². The Kier molecular flexibility index (Phi) is 5.31. The highest BCUT2D eigenvalue weighted by atomic mass is 16.7. The number of carbonyl (C=O) groups is 2. The Bertz CT molecular complexity index is 731. The van der Waals surface area contributed by atoms with Crippen LogP contribution in [-0.4, -0.2) is 18.7 Å². The zero-order chi connectivity index (χ0) is 16.7. The van der Waals surface area contributed by atoms with Crippen LogP contribution in [0, 0.1) is 11.3 Å². The topological polar surface area (TPSA) is 88.4 Å². The van der Waals surface area contributed by atoms with Crippen LogP contribution in [0.25, 0.3) is 0 Å². The predicted octanol–water partition coefficient (Wildman–Crippen LogP) is 3.35. The van der Waals surface area contributed by atoms with Crippen molar-refractivity contribution in [3.05, 3.63) is 59.7 Å². The van der Waals surface area contributed by atoms with E-state index in [0.717, 1.165) is 0 Å². The Labute approximate surface area is 133 Å². The van der Waals surface area contributed by atoms with E-state index in [1.807, 2.05) is 6.07 Å². The number of carbonyl (C=O) groups excluding carboxylic acids is 2. The third-order valence-corrected chi connectivity index (χ3v) is 2.85. The number of hydrogen-bond acceptors (Lipinski definition) is 5. The van der Waals surface area contributed by atoms with Crippen LogP contribution < -0.4 is 10.1 Å². The molecular weight excluding hydrogens is 296 g/mol. The fourth-order valence-electron chi connectivity index (χ4n) is 1.75. The van der Waals surface area contributed by atoms with Crippen LogP contribution in [0.5, 0.6) is 5.75 Å². The van der Waals surface area contributed by atoms with Gasteiger partial charge < -0.3 is 14.8 Å². The van der Waals surface area contributed by atoms with E-state index in [1.165, 1.54) is 24.3 Å². The van der Waals surface area contributed by atoms with Gasteiger partial charge in [0.05, 0.1) is 18.2 Å². The zero-order valence-corrected chi connectivity index (χ0v) is 12.4. The molecule has 0 heterocycles. The minimum Gasteiger partial charge on any atom is -0.434 e. The van der Waals surface area contributed by atoms with Crippen molar-refractivity contribution in [2.24, 2.45) is 0 Å². The maximum atomic E-state index is 12.1. The number of anilines is 1. The molecule has 1 N–H and O–H groups in total. The Balaban J connectivity index is 1.99. The molecule has 0 aliphatic heterocycles. The van der Waals surface area contributed by atoms with Crippen LogP contribution >= 0.6 is 0 Å². The maximum absolute atomic E-state index is 12.1. The van der Waals surface area contributed by atoms with E-state index in [4.69, 9.17) is 10.00 Å². The van der Waals surface area contributed by atoms with Gasteiger partial charge in [-0.15, -0.1) is 0 Å². The molecule has 2 rings (SSSR count). The van der Waals surface area contributed by atoms with Crippen molar-refractivity contribution in [1.29, 1.82) is 5.26 Å². The lowest BCUT2D eigenvalue weighted by molar-refractivity contribution is 0.102. The van der Waals surface area contributed by atoms with E-state index in [1.54, 1.807) is 31.2 Å². The quantitative estimate of drug-likeness (QED) is 0.691. The van der Waals surface area contributed by atoms with E-state index >= 15 is 0 Å². The summed E-state index contributed by atoms with van der Waals surface area (Å²) in [5.41, 5.74) is 1.51. The summed E-state index contributed by atoms with van der Waals surface area (Å²) in [6.07, 6.45) is -0.790. The second-order valence-electron chi connectivity index (χ2n) is 4.45. The molecule has 2 aromatic carbocycles. The van der Waals surface area contributed by atoms with Gasteiger partial charge in [0.2, 0.25) is 0 Å². The number of nitrogens with zero attached hydrogens (tertiary/aromatic N) is 1. The normalized spacial score (nSPS) is 9.57. The van der Waals surface area contributed by atoms with Gasteiger partial charge in [0.25, 0.3) is 5.91 Å². The van der Waals surface area contributed by atoms with Gasteiger partial charge in [-0.25, -0.2) is 4.79 Å². The molecular formula is C17H14N2O4. The molecule has 0 saturated carbocycles. The highest BCUT2D eigenvalue weighted by molar-refractivity contribution is 6.04. The molecule has 0 radical (unpaired) electrons. The summed E-state index contributed by atoms with van der Waals surface area (Å²) < 4.78 is 9.57. The molecule has 0 aliphatic rings. The first-order valence-corrected chi connectivity index (χ1v) is 6.88. The molecule has 0 unspecified atom stereocenters. The molecule has 0 spiro atoms. The summed E-state index contributed by atoms with van der Waals surface area (Å²) >= 11 is 0.